The van der Waals surface area contributed by atoms with Gasteiger partial charge in [-0.15, -0.1) is 0 Å². The van der Waals surface area contributed by atoms with Crippen molar-refractivity contribution in [2.45, 2.75) is 6.42 Å². The van der Waals surface area contributed by atoms with Gasteiger partial charge in [0.25, 0.3) is 0 Å². The van der Waals surface area contributed by atoms with Gasteiger partial charge in [-0.3, -0.25) is 4.98 Å². The summed E-state index contributed by atoms with van der Waals surface area (Å²) in [4.78, 5) is 28.3. The highest BCUT2D eigenvalue weighted by molar-refractivity contribution is 5.94. The lowest BCUT2D eigenvalue weighted by molar-refractivity contribution is 0.0601. The molecule has 0 amide bonds. The van der Waals surface area contributed by atoms with E-state index in [0.29, 0.717) is 34.7 Å². The Morgan fingerprint density at radius 3 is 2.58 bits per heavy atom. The number of nitrogens with zero attached hydrogens (tertiary/aromatic N) is 4. The summed E-state index contributed by atoms with van der Waals surface area (Å²) in [5.41, 5.74) is 5.27. The fraction of sp³-hybridized carbons (Fsp3) is 0.154. The Morgan fingerprint density at radius 2 is 1.88 bits per heavy atom. The lowest BCUT2D eigenvalue weighted by atomic mass is 10.0. The van der Waals surface area contributed by atoms with Gasteiger partial charge in [-0.05, 0) is 66.6 Å². The number of rotatable bonds is 4. The van der Waals surface area contributed by atoms with Crippen LogP contribution in [-0.2, 0) is 4.74 Å². The zero-order valence-electron chi connectivity index (χ0n) is 18.0. The van der Waals surface area contributed by atoms with Crippen LogP contribution in [-0.4, -0.2) is 41.1 Å². The van der Waals surface area contributed by atoms with Gasteiger partial charge in [0.1, 0.15) is 11.5 Å². The van der Waals surface area contributed by atoms with Crippen LogP contribution in [0.4, 0.5) is 10.2 Å². The first-order valence-corrected chi connectivity index (χ1v) is 10.6. The Bertz CT molecular complexity index is 1350. The summed E-state index contributed by atoms with van der Waals surface area (Å²) >= 11 is 0. The van der Waals surface area contributed by atoms with Gasteiger partial charge in [-0.1, -0.05) is 12.1 Å². The van der Waals surface area contributed by atoms with Crippen LogP contribution >= 0.6 is 0 Å². The second-order valence-electron chi connectivity index (χ2n) is 7.74. The number of benzene rings is 2. The predicted molar refractivity (Wildman–Crippen MR) is 125 cm³/mol. The van der Waals surface area contributed by atoms with Gasteiger partial charge in [0.2, 0.25) is 0 Å². The molecule has 2 aromatic heterocycles. The van der Waals surface area contributed by atoms with Crippen LogP contribution in [0, 0.1) is 5.82 Å². The number of methoxy groups -OCH3 is 1. The number of fused-ring (bicyclic) bond motifs is 1. The largest absolute Gasteiger partial charge is 0.465 e. The highest BCUT2D eigenvalue weighted by Crippen LogP contribution is 2.32. The van der Waals surface area contributed by atoms with Crippen molar-refractivity contribution in [3.05, 3.63) is 90.0 Å². The van der Waals surface area contributed by atoms with Gasteiger partial charge >= 0.3 is 5.97 Å². The number of carbonyl (C=O) groups excluding carboxylic acids is 1. The van der Waals surface area contributed by atoms with E-state index in [1.54, 1.807) is 36.5 Å². The van der Waals surface area contributed by atoms with Gasteiger partial charge in [0.05, 0.1) is 29.4 Å². The van der Waals surface area contributed by atoms with Gasteiger partial charge in [0.15, 0.2) is 5.82 Å². The quantitative estimate of drug-likeness (QED) is 0.420. The Hall–Kier alpha value is -4.13. The first-order valence-electron chi connectivity index (χ1n) is 10.6. The minimum Gasteiger partial charge on any atom is -0.465 e. The molecule has 7 heteroatoms. The van der Waals surface area contributed by atoms with Crippen molar-refractivity contribution in [2.24, 2.45) is 0 Å². The van der Waals surface area contributed by atoms with Crippen molar-refractivity contribution in [3.8, 4) is 11.3 Å². The van der Waals surface area contributed by atoms with Gasteiger partial charge in [-0.25, -0.2) is 19.2 Å². The van der Waals surface area contributed by atoms with Crippen molar-refractivity contribution in [2.75, 3.05) is 25.1 Å². The van der Waals surface area contributed by atoms with Crippen LogP contribution in [0.15, 0.2) is 72.9 Å². The summed E-state index contributed by atoms with van der Waals surface area (Å²) in [6.45, 7) is 1.37. The monoisotopic (exact) mass is 440 g/mol. The van der Waals surface area contributed by atoms with Gasteiger partial charge in [-0.2, -0.15) is 0 Å². The summed E-state index contributed by atoms with van der Waals surface area (Å²) in [5, 5.41) is 0. The summed E-state index contributed by atoms with van der Waals surface area (Å²) in [5.74, 6) is -0.0473. The molecule has 3 heterocycles. The average molecular weight is 440 g/mol. The molecule has 0 aliphatic carbocycles. The van der Waals surface area contributed by atoms with Crippen molar-refractivity contribution in [1.82, 2.24) is 15.0 Å². The zero-order chi connectivity index (χ0) is 22.8. The molecule has 5 rings (SSSR count). The molecule has 0 bridgehead atoms. The molecule has 4 aromatic rings. The third-order valence-electron chi connectivity index (χ3n) is 5.69. The molecule has 0 unspecified atom stereocenters. The fourth-order valence-corrected chi connectivity index (χ4v) is 3.96. The molecule has 1 aliphatic rings. The van der Waals surface area contributed by atoms with Crippen LogP contribution < -0.4 is 4.90 Å². The number of hydrogen-bond acceptors (Lipinski definition) is 6. The molecule has 0 atom stereocenters. The van der Waals surface area contributed by atoms with Crippen molar-refractivity contribution in [1.29, 1.82) is 0 Å². The third kappa shape index (κ3) is 4.17. The number of ether oxygens (including phenoxy) is 1. The highest BCUT2D eigenvalue weighted by atomic mass is 19.1. The van der Waals surface area contributed by atoms with E-state index in [2.05, 4.69) is 16.0 Å². The molecule has 0 radical (unpaired) electrons. The third-order valence-corrected chi connectivity index (χ3v) is 5.69. The highest BCUT2D eigenvalue weighted by Gasteiger charge is 2.21. The lowest BCUT2D eigenvalue weighted by Gasteiger charge is -2.29. The molecule has 6 nitrogen and oxygen atoms in total. The van der Waals surface area contributed by atoms with Crippen molar-refractivity contribution in [3.63, 3.8) is 0 Å². The molecule has 0 spiro atoms. The summed E-state index contributed by atoms with van der Waals surface area (Å²) < 4.78 is 18.4. The zero-order valence-corrected chi connectivity index (χ0v) is 18.0. The number of anilines is 1. The van der Waals surface area contributed by atoms with E-state index in [0.717, 1.165) is 24.2 Å². The first kappa shape index (κ1) is 20.8. The molecular weight excluding hydrogens is 419 g/mol. The van der Waals surface area contributed by atoms with Gasteiger partial charge < -0.3 is 9.64 Å². The number of pyridine rings is 1. The topological polar surface area (TPSA) is 68.2 Å². The predicted octanol–water partition coefficient (Wildman–Crippen LogP) is 4.91. The Balaban J connectivity index is 1.59. The van der Waals surface area contributed by atoms with Crippen LogP contribution in [0.2, 0.25) is 0 Å². The number of halogens is 1. The Morgan fingerprint density at radius 1 is 1.03 bits per heavy atom. The summed E-state index contributed by atoms with van der Waals surface area (Å²) in [6, 6.07) is 17.2. The molecule has 33 heavy (non-hydrogen) atoms. The standard InChI is InChI=1S/C26H21FN4O2/c1-33-26(32)19-7-10-22-23(16-19)30-25(24(29-22)18-5-8-20(27)9-6-18)31-14-11-17(12-15-31)21-4-2-3-13-28-21/h2-11,13,16H,12,14-15H2,1H3. The molecule has 164 valence electrons. The van der Waals surface area contributed by atoms with Crippen LogP contribution in [0.1, 0.15) is 22.5 Å². The van der Waals surface area contributed by atoms with E-state index < -0.39 is 5.97 Å². The number of carbonyl (C=O) groups is 1. The molecule has 0 saturated carbocycles. The van der Waals surface area contributed by atoms with E-state index in [1.807, 2.05) is 18.2 Å². The van der Waals surface area contributed by atoms with Crippen molar-refractivity contribution < 1.29 is 13.9 Å². The van der Waals surface area contributed by atoms with Crippen LogP contribution in [0.3, 0.4) is 0 Å². The van der Waals surface area contributed by atoms with Gasteiger partial charge in [0, 0.05) is 24.8 Å². The Labute approximate surface area is 190 Å². The lowest BCUT2D eigenvalue weighted by Crippen LogP contribution is -2.30. The second kappa shape index (κ2) is 8.78. The first-order chi connectivity index (χ1) is 16.1. The fourth-order valence-electron chi connectivity index (χ4n) is 3.96. The minimum atomic E-state index is -0.427. The molecular formula is C26H21FN4O2. The normalized spacial score (nSPS) is 13.6. The van der Waals surface area contributed by atoms with E-state index >= 15 is 0 Å². The smallest absolute Gasteiger partial charge is 0.337 e. The maximum Gasteiger partial charge on any atom is 0.337 e. The molecule has 0 saturated heterocycles. The molecule has 0 N–H and O–H groups in total. The van der Waals surface area contributed by atoms with E-state index in [-0.39, 0.29) is 5.82 Å². The van der Waals surface area contributed by atoms with Crippen LogP contribution in [0.25, 0.3) is 27.9 Å². The molecule has 1 aliphatic heterocycles. The molecule has 2 aromatic carbocycles. The SMILES string of the molecule is COC(=O)c1ccc2nc(-c3ccc(F)cc3)c(N3CC=C(c4ccccn4)CC3)nc2c1. The van der Waals surface area contributed by atoms with E-state index in [9.17, 15) is 9.18 Å². The summed E-state index contributed by atoms with van der Waals surface area (Å²) in [7, 11) is 1.35. The molecule has 0 fully saturated rings. The number of aromatic nitrogens is 3. The van der Waals surface area contributed by atoms with E-state index in [1.165, 1.54) is 24.8 Å². The van der Waals surface area contributed by atoms with E-state index in [4.69, 9.17) is 14.7 Å². The second-order valence-corrected chi connectivity index (χ2v) is 7.74. The average Bonchev–Trinajstić information content (AvgIpc) is 2.88. The Kier molecular flexibility index (Phi) is 5.52. The van der Waals surface area contributed by atoms with Crippen molar-refractivity contribution >= 4 is 28.4 Å². The van der Waals surface area contributed by atoms with Crippen LogP contribution in [0.5, 0.6) is 0 Å². The summed E-state index contributed by atoms with van der Waals surface area (Å²) in [6.07, 6.45) is 4.75. The number of esters is 1. The maximum absolute atomic E-state index is 13.6. The maximum atomic E-state index is 13.6. The number of hydrogen-bond donors (Lipinski definition) is 0. The minimum absolute atomic E-state index is 0.308.